The first-order valence-corrected chi connectivity index (χ1v) is 15.1. The van der Waals surface area contributed by atoms with Gasteiger partial charge in [-0.05, 0) is 83.2 Å². The van der Waals surface area contributed by atoms with Crippen LogP contribution in [0.3, 0.4) is 0 Å². The molecule has 4 nitrogen and oxygen atoms in total. The second kappa shape index (κ2) is 14.3. The van der Waals surface area contributed by atoms with Crippen LogP contribution in [-0.2, 0) is 13.1 Å². The van der Waals surface area contributed by atoms with E-state index in [0.29, 0.717) is 12.1 Å². The highest BCUT2D eigenvalue weighted by atomic mass is 15.2. The van der Waals surface area contributed by atoms with Crippen molar-refractivity contribution in [2.75, 3.05) is 27.2 Å². The molecule has 0 aliphatic carbocycles. The summed E-state index contributed by atoms with van der Waals surface area (Å²) in [4.78, 5) is 4.94. The summed E-state index contributed by atoms with van der Waals surface area (Å²) in [6, 6.07) is 18.4. The van der Waals surface area contributed by atoms with Gasteiger partial charge in [-0.2, -0.15) is 0 Å². The van der Waals surface area contributed by atoms with Crippen LogP contribution < -0.4 is 9.13 Å². The minimum Gasteiger partial charge on any atom is -0.299 e. The molecule has 2 aliphatic heterocycles. The maximum atomic E-state index is 3.37. The Morgan fingerprint density at radius 3 is 1.65 bits per heavy atom. The number of hydrogen-bond donors (Lipinski definition) is 0. The average Bonchev–Trinajstić information content (AvgIpc) is 3.61. The van der Waals surface area contributed by atoms with Crippen molar-refractivity contribution in [1.82, 2.24) is 9.80 Å². The lowest BCUT2D eigenvalue weighted by Gasteiger charge is -2.18. The molecule has 0 bridgehead atoms. The quantitative estimate of drug-likeness (QED) is 0.217. The van der Waals surface area contributed by atoms with E-state index in [1.165, 1.54) is 49.9 Å². The predicted octanol–water partition coefficient (Wildman–Crippen LogP) is 5.46. The Bertz CT molecular complexity index is 1290. The van der Waals surface area contributed by atoms with Crippen molar-refractivity contribution in [3.63, 3.8) is 0 Å². The van der Waals surface area contributed by atoms with Gasteiger partial charge in [0, 0.05) is 72.2 Å². The first-order chi connectivity index (χ1) is 19.7. The molecule has 206 valence electrons. The van der Waals surface area contributed by atoms with Crippen LogP contribution in [0.25, 0.3) is 0 Å². The number of likely N-dealkylation sites (tertiary alicyclic amines) is 2. The third-order valence-electron chi connectivity index (χ3n) is 8.34. The third-order valence-corrected chi connectivity index (χ3v) is 8.34. The van der Waals surface area contributed by atoms with Gasteiger partial charge in [-0.15, -0.1) is 0 Å². The van der Waals surface area contributed by atoms with Gasteiger partial charge in [0.1, 0.15) is 13.1 Å². The molecule has 5 rings (SSSR count). The van der Waals surface area contributed by atoms with Crippen molar-refractivity contribution < 1.29 is 9.13 Å². The number of pyridine rings is 2. The van der Waals surface area contributed by atoms with E-state index in [9.17, 15) is 0 Å². The molecule has 4 heteroatoms. The SMILES string of the molecule is CN1CCC[C@H]1c1ccc[n+](CCCC#Cc2cccc(C#CCCC[n+]3cccc([C@@H]4CCCN4C)c3)c2)c1. The van der Waals surface area contributed by atoms with E-state index in [2.05, 4.69) is 130 Å². The maximum absolute atomic E-state index is 3.37. The summed E-state index contributed by atoms with van der Waals surface area (Å²) in [5.41, 5.74) is 4.98. The molecule has 0 N–H and O–H groups in total. The van der Waals surface area contributed by atoms with Gasteiger partial charge in [-0.25, -0.2) is 9.13 Å². The lowest BCUT2D eigenvalue weighted by atomic mass is 10.1. The van der Waals surface area contributed by atoms with Crippen LogP contribution in [-0.4, -0.2) is 37.0 Å². The number of unbranched alkanes of at least 4 members (excludes halogenated alkanes) is 2. The highest BCUT2D eigenvalue weighted by Gasteiger charge is 2.25. The summed E-state index contributed by atoms with van der Waals surface area (Å²) in [6.45, 7) is 4.42. The Labute approximate surface area is 241 Å². The van der Waals surface area contributed by atoms with Crippen LogP contribution in [0.15, 0.2) is 73.3 Å². The predicted molar refractivity (Wildman–Crippen MR) is 161 cm³/mol. The van der Waals surface area contributed by atoms with Crippen LogP contribution in [0, 0.1) is 23.7 Å². The van der Waals surface area contributed by atoms with Gasteiger partial charge < -0.3 is 0 Å². The van der Waals surface area contributed by atoms with Gasteiger partial charge in [0.25, 0.3) is 0 Å². The summed E-state index contributed by atoms with van der Waals surface area (Å²) in [5.74, 6) is 13.4. The molecule has 2 fully saturated rings. The molecule has 4 heterocycles. The fourth-order valence-corrected chi connectivity index (χ4v) is 6.12. The number of hydrogen-bond acceptors (Lipinski definition) is 2. The van der Waals surface area contributed by atoms with Gasteiger partial charge in [-0.1, -0.05) is 29.7 Å². The molecule has 2 aromatic heterocycles. The van der Waals surface area contributed by atoms with Crippen LogP contribution >= 0.6 is 0 Å². The van der Waals surface area contributed by atoms with Crippen molar-refractivity contribution >= 4 is 0 Å². The average molecular weight is 533 g/mol. The Hall–Kier alpha value is -3.44. The maximum Gasteiger partial charge on any atom is 0.173 e. The molecule has 1 aromatic carbocycles. The van der Waals surface area contributed by atoms with Crippen LogP contribution in [0.2, 0.25) is 0 Å². The molecule has 2 saturated heterocycles. The van der Waals surface area contributed by atoms with Crippen molar-refractivity contribution in [1.29, 1.82) is 0 Å². The highest BCUT2D eigenvalue weighted by molar-refractivity contribution is 5.43. The van der Waals surface area contributed by atoms with E-state index in [1.54, 1.807) is 0 Å². The van der Waals surface area contributed by atoms with E-state index in [1.807, 2.05) is 0 Å². The second-order valence-electron chi connectivity index (χ2n) is 11.4. The molecule has 0 radical (unpaired) electrons. The zero-order valence-corrected chi connectivity index (χ0v) is 24.4. The zero-order chi connectivity index (χ0) is 27.6. The summed E-state index contributed by atoms with van der Waals surface area (Å²) >= 11 is 0. The van der Waals surface area contributed by atoms with Crippen molar-refractivity contribution in [2.24, 2.45) is 0 Å². The number of nitrogens with zero attached hydrogens (tertiary/aromatic N) is 4. The summed E-state index contributed by atoms with van der Waals surface area (Å²) in [5, 5.41) is 0. The largest absolute Gasteiger partial charge is 0.299 e. The molecule has 2 aliphatic rings. The van der Waals surface area contributed by atoms with Crippen LogP contribution in [0.5, 0.6) is 0 Å². The molecule has 40 heavy (non-hydrogen) atoms. The van der Waals surface area contributed by atoms with E-state index in [0.717, 1.165) is 49.9 Å². The number of benzene rings is 1. The molecule has 2 atom stereocenters. The molecule has 3 aromatic rings. The Morgan fingerprint density at radius 2 is 1.20 bits per heavy atom. The summed E-state index contributed by atoms with van der Waals surface area (Å²) in [6.07, 6.45) is 18.0. The van der Waals surface area contributed by atoms with Gasteiger partial charge in [0.05, 0.1) is 0 Å². The van der Waals surface area contributed by atoms with Gasteiger partial charge >= 0.3 is 0 Å². The van der Waals surface area contributed by atoms with Crippen molar-refractivity contribution in [2.45, 2.75) is 76.5 Å². The number of aryl methyl sites for hydroxylation is 2. The Kier molecular flexibility index (Phi) is 10.0. The lowest BCUT2D eigenvalue weighted by Crippen LogP contribution is -2.34. The van der Waals surface area contributed by atoms with E-state index in [-0.39, 0.29) is 0 Å². The van der Waals surface area contributed by atoms with Crippen molar-refractivity contribution in [3.05, 3.63) is 95.6 Å². The minimum atomic E-state index is 0.572. The van der Waals surface area contributed by atoms with Crippen LogP contribution in [0.1, 0.15) is 85.7 Å². The van der Waals surface area contributed by atoms with Crippen LogP contribution in [0.4, 0.5) is 0 Å². The highest BCUT2D eigenvalue weighted by Crippen LogP contribution is 2.30. The summed E-state index contributed by atoms with van der Waals surface area (Å²) in [7, 11) is 4.47. The number of rotatable bonds is 8. The smallest absolute Gasteiger partial charge is 0.173 e. The van der Waals surface area contributed by atoms with E-state index in [4.69, 9.17) is 0 Å². The molecule has 0 amide bonds. The van der Waals surface area contributed by atoms with E-state index >= 15 is 0 Å². The van der Waals surface area contributed by atoms with Crippen molar-refractivity contribution in [3.8, 4) is 23.7 Å². The third kappa shape index (κ3) is 7.82. The summed E-state index contributed by atoms with van der Waals surface area (Å²) < 4.78 is 4.64. The Morgan fingerprint density at radius 1 is 0.700 bits per heavy atom. The first kappa shape index (κ1) is 28.1. The molecular formula is C36H44N4+2. The van der Waals surface area contributed by atoms with Gasteiger partial charge in [0.2, 0.25) is 0 Å². The molecule has 0 unspecified atom stereocenters. The fraction of sp³-hybridized carbons (Fsp3) is 0.444. The molecular weight excluding hydrogens is 488 g/mol. The van der Waals surface area contributed by atoms with Gasteiger partial charge in [-0.3, -0.25) is 9.80 Å². The molecule has 0 spiro atoms. The lowest BCUT2D eigenvalue weighted by molar-refractivity contribution is -0.697. The standard InChI is InChI=1S/C36H44N4/c1-37-22-12-20-35(37)33-18-10-26-39(29-33)24-7-3-5-14-31-16-9-17-32(28-31)15-6-4-8-25-40-27-11-19-34(30-40)36-21-13-23-38(36)2/h9-11,16-19,26-30,35-36H,3-4,7-8,12-13,20-25H2,1-2H3/q+2/t35-,36-/m0/s1. The Balaban J connectivity index is 1.05. The second-order valence-corrected chi connectivity index (χ2v) is 11.4. The molecule has 0 saturated carbocycles. The normalized spacial score (nSPS) is 19.1. The first-order valence-electron chi connectivity index (χ1n) is 15.1. The number of aromatic nitrogens is 2. The minimum absolute atomic E-state index is 0.572. The van der Waals surface area contributed by atoms with E-state index < -0.39 is 0 Å². The van der Waals surface area contributed by atoms with Gasteiger partial charge in [0.15, 0.2) is 24.8 Å². The zero-order valence-electron chi connectivity index (χ0n) is 24.4. The fourth-order valence-electron chi connectivity index (χ4n) is 6.12. The monoisotopic (exact) mass is 532 g/mol. The topological polar surface area (TPSA) is 14.2 Å².